The van der Waals surface area contributed by atoms with E-state index >= 15 is 0 Å². The highest BCUT2D eigenvalue weighted by atomic mass is 19.4. The summed E-state index contributed by atoms with van der Waals surface area (Å²) < 4.78 is 37.6. The number of rotatable bonds is 4. The van der Waals surface area contributed by atoms with Crippen LogP contribution in [0.5, 0.6) is 0 Å². The zero-order valence-electron chi connectivity index (χ0n) is 15.2. The van der Waals surface area contributed by atoms with E-state index in [0.29, 0.717) is 5.56 Å². The van der Waals surface area contributed by atoms with E-state index in [0.717, 1.165) is 23.6 Å². The van der Waals surface area contributed by atoms with E-state index in [-0.39, 0.29) is 18.0 Å². The van der Waals surface area contributed by atoms with Crippen LogP contribution in [0.1, 0.15) is 47.9 Å². The maximum absolute atomic E-state index is 12.7. The Balaban J connectivity index is 2.16. The van der Waals surface area contributed by atoms with Crippen molar-refractivity contribution in [1.82, 2.24) is 5.32 Å². The van der Waals surface area contributed by atoms with Crippen molar-refractivity contribution < 1.29 is 27.6 Å². The molecule has 0 radical (unpaired) electrons. The Bertz CT molecular complexity index is 732. The first-order valence-electron chi connectivity index (χ1n) is 8.42. The molecule has 0 heterocycles. The number of halogens is 3. The quantitative estimate of drug-likeness (QED) is 0.829. The summed E-state index contributed by atoms with van der Waals surface area (Å²) in [4.78, 5) is 37.0. The van der Waals surface area contributed by atoms with Gasteiger partial charge in [0, 0.05) is 18.8 Å². The maximum Gasteiger partial charge on any atom is 0.408 e. The summed E-state index contributed by atoms with van der Waals surface area (Å²) in [5.74, 6) is -3.37. The number of nitrogens with one attached hydrogen (secondary N) is 1. The SMILES string of the molecule is Cc1cc(C)c(C2C(=O)CC(CC(=O)NC(C)C(F)(F)F)C2=O)c(C)c1. The molecule has 1 aliphatic rings. The van der Waals surface area contributed by atoms with Gasteiger partial charge in [0.25, 0.3) is 0 Å². The second-order valence-electron chi connectivity index (χ2n) is 7.05. The van der Waals surface area contributed by atoms with Gasteiger partial charge in [0.1, 0.15) is 17.7 Å². The molecule has 142 valence electrons. The second kappa shape index (κ2) is 7.21. The van der Waals surface area contributed by atoms with Gasteiger partial charge in [-0.05, 0) is 44.4 Å². The molecule has 0 aliphatic heterocycles. The van der Waals surface area contributed by atoms with Gasteiger partial charge in [0.15, 0.2) is 5.78 Å². The standard InChI is InChI=1S/C19H22F3NO3/c1-9-5-10(2)16(11(3)6-9)17-14(24)7-13(18(17)26)8-15(25)23-12(4)19(20,21)22/h5-6,12-13,17H,7-8H2,1-4H3,(H,23,25). The van der Waals surface area contributed by atoms with Crippen LogP contribution in [0.3, 0.4) is 0 Å². The summed E-state index contributed by atoms with van der Waals surface area (Å²) in [6, 6.07) is 1.77. The second-order valence-corrected chi connectivity index (χ2v) is 7.05. The largest absolute Gasteiger partial charge is 0.408 e. The van der Waals surface area contributed by atoms with Gasteiger partial charge in [-0.2, -0.15) is 13.2 Å². The topological polar surface area (TPSA) is 63.2 Å². The van der Waals surface area contributed by atoms with Crippen LogP contribution in [0.25, 0.3) is 0 Å². The predicted octanol–water partition coefficient (Wildman–Crippen LogP) is 3.31. The normalized spacial score (nSPS) is 21.8. The molecule has 0 aromatic heterocycles. The maximum atomic E-state index is 12.7. The van der Waals surface area contributed by atoms with Gasteiger partial charge in [-0.3, -0.25) is 14.4 Å². The molecule has 1 N–H and O–H groups in total. The Kier molecular flexibility index (Phi) is 5.58. The van der Waals surface area contributed by atoms with Crippen molar-refractivity contribution in [2.24, 2.45) is 5.92 Å². The van der Waals surface area contributed by atoms with Gasteiger partial charge >= 0.3 is 6.18 Å². The highest BCUT2D eigenvalue weighted by Crippen LogP contribution is 2.37. The van der Waals surface area contributed by atoms with E-state index < -0.39 is 36.4 Å². The van der Waals surface area contributed by atoms with E-state index in [4.69, 9.17) is 0 Å². The Morgan fingerprint density at radius 3 is 2.23 bits per heavy atom. The highest BCUT2D eigenvalue weighted by Gasteiger charge is 2.44. The molecule has 1 aromatic rings. The predicted molar refractivity (Wildman–Crippen MR) is 89.8 cm³/mol. The number of alkyl halides is 3. The first kappa shape index (κ1) is 20.1. The number of hydrogen-bond acceptors (Lipinski definition) is 3. The Hall–Kier alpha value is -2.18. The van der Waals surface area contributed by atoms with Crippen LogP contribution in [0, 0.1) is 26.7 Å². The molecule has 1 aromatic carbocycles. The summed E-state index contributed by atoms with van der Waals surface area (Å²) in [6.45, 7) is 6.39. The number of carbonyl (C=O) groups is 3. The van der Waals surface area contributed by atoms with Crippen LogP contribution in [0.2, 0.25) is 0 Å². The summed E-state index contributed by atoms with van der Waals surface area (Å²) in [7, 11) is 0. The lowest BCUT2D eigenvalue weighted by Crippen LogP contribution is -2.43. The Labute approximate surface area is 150 Å². The lowest BCUT2D eigenvalue weighted by molar-refractivity contribution is -0.158. The number of ketones is 2. The summed E-state index contributed by atoms with van der Waals surface area (Å²) in [5.41, 5.74) is 3.31. The molecular weight excluding hydrogens is 347 g/mol. The molecule has 26 heavy (non-hydrogen) atoms. The van der Waals surface area contributed by atoms with E-state index in [2.05, 4.69) is 0 Å². The van der Waals surface area contributed by atoms with E-state index in [9.17, 15) is 27.6 Å². The minimum absolute atomic E-state index is 0.121. The summed E-state index contributed by atoms with van der Waals surface area (Å²) in [5, 5.41) is 1.84. The molecule has 1 aliphatic carbocycles. The van der Waals surface area contributed by atoms with Gasteiger partial charge in [0.05, 0.1) is 0 Å². The van der Waals surface area contributed by atoms with Crippen LogP contribution < -0.4 is 5.32 Å². The number of aryl methyl sites for hydroxylation is 3. The monoisotopic (exact) mass is 369 g/mol. The fourth-order valence-corrected chi connectivity index (χ4v) is 3.58. The molecule has 2 rings (SSSR count). The van der Waals surface area contributed by atoms with Gasteiger partial charge in [-0.25, -0.2) is 0 Å². The zero-order valence-corrected chi connectivity index (χ0v) is 15.2. The average molecular weight is 369 g/mol. The zero-order chi connectivity index (χ0) is 19.8. The summed E-state index contributed by atoms with van der Waals surface area (Å²) in [6.07, 6.45) is -5.08. The lowest BCUT2D eigenvalue weighted by atomic mass is 9.86. The number of Topliss-reactive ketones (excluding diaryl/α,β-unsaturated/α-hetero) is 2. The molecule has 0 bridgehead atoms. The van der Waals surface area contributed by atoms with E-state index in [1.54, 1.807) is 0 Å². The molecule has 1 amide bonds. The van der Waals surface area contributed by atoms with Gasteiger partial charge in [-0.15, -0.1) is 0 Å². The first-order chi connectivity index (χ1) is 11.9. The third kappa shape index (κ3) is 4.14. The van der Waals surface area contributed by atoms with E-state index in [1.165, 1.54) is 0 Å². The fourth-order valence-electron chi connectivity index (χ4n) is 3.58. The molecular formula is C19H22F3NO3. The number of hydrogen-bond donors (Lipinski definition) is 1. The minimum atomic E-state index is -4.55. The number of amides is 1. The smallest absolute Gasteiger partial charge is 0.345 e. The van der Waals surface area contributed by atoms with Crippen LogP contribution in [0.4, 0.5) is 13.2 Å². The average Bonchev–Trinajstić information content (AvgIpc) is 2.72. The Morgan fingerprint density at radius 1 is 1.19 bits per heavy atom. The van der Waals surface area contributed by atoms with E-state index in [1.807, 2.05) is 38.2 Å². The molecule has 1 fully saturated rings. The van der Waals surface area contributed by atoms with Crippen molar-refractivity contribution in [2.45, 2.75) is 58.7 Å². The minimum Gasteiger partial charge on any atom is -0.345 e. The van der Waals surface area contributed by atoms with Gasteiger partial charge in [0.2, 0.25) is 5.91 Å². The molecule has 1 saturated carbocycles. The highest BCUT2D eigenvalue weighted by molar-refractivity contribution is 6.15. The number of carbonyl (C=O) groups excluding carboxylic acids is 3. The molecule has 0 saturated heterocycles. The van der Waals surface area contributed by atoms with Crippen molar-refractivity contribution in [2.75, 3.05) is 0 Å². The van der Waals surface area contributed by atoms with Crippen LogP contribution in [0.15, 0.2) is 12.1 Å². The van der Waals surface area contributed by atoms with Crippen LogP contribution in [-0.2, 0) is 14.4 Å². The van der Waals surface area contributed by atoms with Crippen LogP contribution >= 0.6 is 0 Å². The Morgan fingerprint density at radius 2 is 1.73 bits per heavy atom. The first-order valence-corrected chi connectivity index (χ1v) is 8.42. The van der Waals surface area contributed by atoms with Gasteiger partial charge in [-0.1, -0.05) is 17.7 Å². The summed E-state index contributed by atoms with van der Waals surface area (Å²) >= 11 is 0. The molecule has 0 spiro atoms. The third-order valence-electron chi connectivity index (χ3n) is 4.78. The van der Waals surface area contributed by atoms with Crippen molar-refractivity contribution in [3.8, 4) is 0 Å². The van der Waals surface area contributed by atoms with Crippen molar-refractivity contribution in [3.05, 3.63) is 34.4 Å². The van der Waals surface area contributed by atoms with Crippen molar-refractivity contribution in [3.63, 3.8) is 0 Å². The molecule has 3 unspecified atom stereocenters. The lowest BCUT2D eigenvalue weighted by Gasteiger charge is -2.18. The van der Waals surface area contributed by atoms with Crippen LogP contribution in [-0.4, -0.2) is 29.7 Å². The number of benzene rings is 1. The molecule has 3 atom stereocenters. The third-order valence-corrected chi connectivity index (χ3v) is 4.78. The molecule has 4 nitrogen and oxygen atoms in total. The van der Waals surface area contributed by atoms with Gasteiger partial charge < -0.3 is 5.32 Å². The fraction of sp³-hybridized carbons (Fsp3) is 0.526. The van der Waals surface area contributed by atoms with Crippen molar-refractivity contribution >= 4 is 17.5 Å². The van der Waals surface area contributed by atoms with Crippen molar-refractivity contribution in [1.29, 1.82) is 0 Å². The molecule has 7 heteroatoms.